The van der Waals surface area contributed by atoms with Gasteiger partial charge in [-0.3, -0.25) is 0 Å². The Morgan fingerprint density at radius 2 is 1.94 bits per heavy atom. The fourth-order valence-corrected chi connectivity index (χ4v) is 2.15. The maximum absolute atomic E-state index is 5.59. The van der Waals surface area contributed by atoms with Crippen molar-refractivity contribution in [2.45, 2.75) is 52.0 Å². The minimum absolute atomic E-state index is 0.393. The molecule has 3 nitrogen and oxygen atoms in total. The molecule has 1 N–H and O–H groups in total. The van der Waals surface area contributed by atoms with Crippen LogP contribution < -0.4 is 5.32 Å². The second kappa shape index (κ2) is 8.06. The number of ether oxygens (including phenoxy) is 2. The Hall–Kier alpha value is -0.120. The van der Waals surface area contributed by atoms with Crippen molar-refractivity contribution in [3.8, 4) is 0 Å². The topological polar surface area (TPSA) is 30.5 Å². The molecule has 1 aliphatic carbocycles. The molecule has 0 aromatic rings. The molecule has 102 valence electrons. The largest absolute Gasteiger partial charge is 0.382 e. The Morgan fingerprint density at radius 1 is 1.18 bits per heavy atom. The van der Waals surface area contributed by atoms with Gasteiger partial charge in [-0.1, -0.05) is 20.3 Å². The molecule has 1 saturated carbocycles. The molecule has 1 aliphatic rings. The van der Waals surface area contributed by atoms with Gasteiger partial charge in [0.15, 0.2) is 0 Å². The van der Waals surface area contributed by atoms with Gasteiger partial charge in [0.1, 0.15) is 0 Å². The van der Waals surface area contributed by atoms with Gasteiger partial charge < -0.3 is 14.8 Å². The molecule has 1 atom stereocenters. The van der Waals surface area contributed by atoms with Gasteiger partial charge in [0.05, 0.1) is 13.2 Å². The van der Waals surface area contributed by atoms with Crippen molar-refractivity contribution >= 4 is 0 Å². The Kier molecular flexibility index (Phi) is 7.09. The highest BCUT2D eigenvalue weighted by molar-refractivity contribution is 4.85. The number of rotatable bonds is 11. The molecule has 0 aliphatic heterocycles. The van der Waals surface area contributed by atoms with Crippen molar-refractivity contribution in [1.82, 2.24) is 5.32 Å². The van der Waals surface area contributed by atoms with Crippen LogP contribution in [-0.2, 0) is 9.47 Å². The molecule has 1 fully saturated rings. The standard InChI is InChI=1S/C14H29NO2/c1-4-7-14(2,12-15-13-5-6-13)8-9-17-11-10-16-3/h13,15H,4-12H2,1-3H3. The van der Waals surface area contributed by atoms with Crippen LogP contribution in [0.25, 0.3) is 0 Å². The fourth-order valence-electron chi connectivity index (χ4n) is 2.15. The maximum atomic E-state index is 5.59. The van der Waals surface area contributed by atoms with Gasteiger partial charge in [-0.25, -0.2) is 0 Å². The van der Waals surface area contributed by atoms with Crippen LogP contribution in [0.15, 0.2) is 0 Å². The summed E-state index contributed by atoms with van der Waals surface area (Å²) in [6.45, 7) is 8.05. The van der Waals surface area contributed by atoms with E-state index in [-0.39, 0.29) is 0 Å². The zero-order chi connectivity index (χ0) is 12.6. The minimum Gasteiger partial charge on any atom is -0.382 e. The van der Waals surface area contributed by atoms with Crippen LogP contribution in [0.4, 0.5) is 0 Å². The number of hydrogen-bond acceptors (Lipinski definition) is 3. The van der Waals surface area contributed by atoms with Gasteiger partial charge in [-0.15, -0.1) is 0 Å². The zero-order valence-corrected chi connectivity index (χ0v) is 11.8. The molecule has 0 aromatic heterocycles. The number of hydrogen-bond donors (Lipinski definition) is 1. The lowest BCUT2D eigenvalue weighted by Gasteiger charge is -2.29. The van der Waals surface area contributed by atoms with Crippen LogP contribution >= 0.6 is 0 Å². The molecule has 0 radical (unpaired) electrons. The Morgan fingerprint density at radius 3 is 2.53 bits per heavy atom. The van der Waals surface area contributed by atoms with Gasteiger partial charge in [0.2, 0.25) is 0 Å². The van der Waals surface area contributed by atoms with Gasteiger partial charge >= 0.3 is 0 Å². The summed E-state index contributed by atoms with van der Waals surface area (Å²) >= 11 is 0. The minimum atomic E-state index is 0.393. The summed E-state index contributed by atoms with van der Waals surface area (Å²) in [5.41, 5.74) is 0.393. The summed E-state index contributed by atoms with van der Waals surface area (Å²) < 4.78 is 10.6. The molecular formula is C14H29NO2. The summed E-state index contributed by atoms with van der Waals surface area (Å²) in [7, 11) is 1.71. The first-order valence-electron chi connectivity index (χ1n) is 7.00. The molecule has 0 saturated heterocycles. The second-order valence-electron chi connectivity index (χ2n) is 5.57. The summed E-state index contributed by atoms with van der Waals surface area (Å²) in [5, 5.41) is 3.65. The molecule has 0 heterocycles. The van der Waals surface area contributed by atoms with Crippen LogP contribution in [0.3, 0.4) is 0 Å². The molecule has 1 unspecified atom stereocenters. The first-order valence-corrected chi connectivity index (χ1v) is 7.00. The van der Waals surface area contributed by atoms with Gasteiger partial charge in [-0.2, -0.15) is 0 Å². The molecule has 1 rings (SSSR count). The summed E-state index contributed by atoms with van der Waals surface area (Å²) in [5.74, 6) is 0. The lowest BCUT2D eigenvalue weighted by atomic mass is 9.82. The van der Waals surface area contributed by atoms with E-state index in [1.165, 1.54) is 25.7 Å². The predicted octanol–water partition coefficient (Wildman–Crippen LogP) is 2.60. The molecule has 0 aromatic carbocycles. The molecule has 0 bridgehead atoms. The van der Waals surface area contributed by atoms with Crippen LogP contribution in [-0.4, -0.2) is 39.5 Å². The third-order valence-corrected chi connectivity index (χ3v) is 3.53. The molecule has 17 heavy (non-hydrogen) atoms. The van der Waals surface area contributed by atoms with Crippen molar-refractivity contribution in [3.63, 3.8) is 0 Å². The fraction of sp³-hybridized carbons (Fsp3) is 1.00. The van der Waals surface area contributed by atoms with Gasteiger partial charge in [0, 0.05) is 26.3 Å². The molecule has 0 spiro atoms. The number of methoxy groups -OCH3 is 1. The van der Waals surface area contributed by atoms with E-state index in [0.29, 0.717) is 12.0 Å². The van der Waals surface area contributed by atoms with E-state index in [2.05, 4.69) is 19.2 Å². The van der Waals surface area contributed by atoms with E-state index in [1.54, 1.807) is 7.11 Å². The van der Waals surface area contributed by atoms with E-state index in [0.717, 1.165) is 32.2 Å². The summed E-state index contributed by atoms with van der Waals surface area (Å²) in [4.78, 5) is 0. The van der Waals surface area contributed by atoms with Crippen molar-refractivity contribution in [1.29, 1.82) is 0 Å². The third kappa shape index (κ3) is 7.02. The summed E-state index contributed by atoms with van der Waals surface area (Å²) in [6.07, 6.45) is 6.41. The smallest absolute Gasteiger partial charge is 0.0700 e. The SMILES string of the molecule is CCCC(C)(CCOCCOC)CNC1CC1. The van der Waals surface area contributed by atoms with E-state index in [1.807, 2.05) is 0 Å². The molecule has 3 heteroatoms. The first-order chi connectivity index (χ1) is 8.20. The van der Waals surface area contributed by atoms with Gasteiger partial charge in [-0.05, 0) is 31.1 Å². The van der Waals surface area contributed by atoms with Crippen LogP contribution in [0.1, 0.15) is 46.0 Å². The maximum Gasteiger partial charge on any atom is 0.0700 e. The van der Waals surface area contributed by atoms with E-state index in [4.69, 9.17) is 9.47 Å². The lowest BCUT2D eigenvalue weighted by Crippen LogP contribution is -2.34. The Balaban J connectivity index is 2.14. The lowest BCUT2D eigenvalue weighted by molar-refractivity contribution is 0.0517. The quantitative estimate of drug-likeness (QED) is 0.566. The average Bonchev–Trinajstić information content (AvgIpc) is 3.11. The highest BCUT2D eigenvalue weighted by Gasteiger charge is 2.27. The Bertz CT molecular complexity index is 195. The number of nitrogens with one attached hydrogen (secondary N) is 1. The van der Waals surface area contributed by atoms with Crippen molar-refractivity contribution in [2.24, 2.45) is 5.41 Å². The average molecular weight is 243 g/mol. The highest BCUT2D eigenvalue weighted by Crippen LogP contribution is 2.29. The van der Waals surface area contributed by atoms with Crippen LogP contribution in [0, 0.1) is 5.41 Å². The summed E-state index contributed by atoms with van der Waals surface area (Å²) in [6, 6.07) is 0.806. The highest BCUT2D eigenvalue weighted by atomic mass is 16.5. The zero-order valence-electron chi connectivity index (χ0n) is 11.8. The monoisotopic (exact) mass is 243 g/mol. The van der Waals surface area contributed by atoms with E-state index >= 15 is 0 Å². The van der Waals surface area contributed by atoms with E-state index < -0.39 is 0 Å². The molecular weight excluding hydrogens is 214 g/mol. The predicted molar refractivity (Wildman–Crippen MR) is 71.4 cm³/mol. The normalized spacial score (nSPS) is 19.2. The van der Waals surface area contributed by atoms with Crippen LogP contribution in [0.5, 0.6) is 0 Å². The molecule has 0 amide bonds. The van der Waals surface area contributed by atoms with Crippen molar-refractivity contribution < 1.29 is 9.47 Å². The van der Waals surface area contributed by atoms with Crippen LogP contribution in [0.2, 0.25) is 0 Å². The van der Waals surface area contributed by atoms with Gasteiger partial charge in [0.25, 0.3) is 0 Å². The van der Waals surface area contributed by atoms with Crippen molar-refractivity contribution in [2.75, 3.05) is 33.5 Å². The third-order valence-electron chi connectivity index (χ3n) is 3.53. The first kappa shape index (κ1) is 14.9. The second-order valence-corrected chi connectivity index (χ2v) is 5.57. The van der Waals surface area contributed by atoms with Crippen molar-refractivity contribution in [3.05, 3.63) is 0 Å². The Labute approximate surface area is 106 Å². The van der Waals surface area contributed by atoms with E-state index in [9.17, 15) is 0 Å².